The predicted molar refractivity (Wildman–Crippen MR) is 74.0 cm³/mol. The summed E-state index contributed by atoms with van der Waals surface area (Å²) in [6, 6.07) is 0. The van der Waals surface area contributed by atoms with Crippen molar-refractivity contribution in [3.05, 3.63) is 0 Å². The first kappa shape index (κ1) is 15.9. The highest BCUT2D eigenvalue weighted by molar-refractivity contribution is 4.88. The van der Waals surface area contributed by atoms with Gasteiger partial charge in [-0.1, -0.05) is 34.1 Å². The van der Waals surface area contributed by atoms with Gasteiger partial charge >= 0.3 is 0 Å². The molecule has 2 aliphatic heterocycles. The van der Waals surface area contributed by atoms with Crippen LogP contribution in [0.25, 0.3) is 0 Å². The first-order valence-electron chi connectivity index (χ1n) is 7.24. The summed E-state index contributed by atoms with van der Waals surface area (Å²) in [7, 11) is 0. The highest BCUT2D eigenvalue weighted by Crippen LogP contribution is 2.37. The summed E-state index contributed by atoms with van der Waals surface area (Å²) in [6.45, 7) is 13.2. The van der Waals surface area contributed by atoms with Gasteiger partial charge in [0.2, 0.25) is 0 Å². The van der Waals surface area contributed by atoms with Crippen molar-refractivity contribution in [1.82, 2.24) is 10.6 Å². The highest BCUT2D eigenvalue weighted by Gasteiger charge is 2.32. The zero-order chi connectivity index (χ0) is 12.3. The Hall–Kier alpha value is -0.0800. The summed E-state index contributed by atoms with van der Waals surface area (Å²) in [5, 5.41) is 6.87. The molecule has 0 aromatic rings. The molecule has 2 N–H and O–H groups in total. The minimum Gasteiger partial charge on any atom is -0.317 e. The van der Waals surface area contributed by atoms with E-state index < -0.39 is 0 Å². The van der Waals surface area contributed by atoms with Gasteiger partial charge in [0, 0.05) is 0 Å². The molecule has 98 valence electrons. The van der Waals surface area contributed by atoms with Crippen molar-refractivity contribution in [1.29, 1.82) is 0 Å². The molecule has 2 fully saturated rings. The zero-order valence-electron chi connectivity index (χ0n) is 11.9. The number of hydrogen-bond donors (Lipinski definition) is 2. The molecule has 0 bridgehead atoms. The van der Waals surface area contributed by atoms with Gasteiger partial charge in [0.15, 0.2) is 0 Å². The Labute approximate surface area is 103 Å². The first-order chi connectivity index (χ1) is 7.83. The fourth-order valence-electron chi connectivity index (χ4n) is 2.41. The molecule has 2 aliphatic rings. The number of piperidine rings is 2. The Morgan fingerprint density at radius 2 is 1.00 bits per heavy atom. The van der Waals surface area contributed by atoms with Crippen molar-refractivity contribution in [2.75, 3.05) is 26.2 Å². The van der Waals surface area contributed by atoms with Gasteiger partial charge in [0.1, 0.15) is 0 Å². The SMILES string of the molecule is C1CC2(CCN1)CCNCC2.CC.CCC. The average molecular weight is 228 g/mol. The number of nitrogens with one attached hydrogen (secondary N) is 2. The summed E-state index contributed by atoms with van der Waals surface area (Å²) < 4.78 is 0. The Morgan fingerprint density at radius 1 is 0.750 bits per heavy atom. The Morgan fingerprint density at radius 3 is 1.25 bits per heavy atom. The molecule has 0 aromatic heterocycles. The molecule has 0 radical (unpaired) electrons. The van der Waals surface area contributed by atoms with Crippen molar-refractivity contribution in [2.24, 2.45) is 5.41 Å². The van der Waals surface area contributed by atoms with Crippen LogP contribution in [0.2, 0.25) is 0 Å². The molecule has 0 saturated carbocycles. The van der Waals surface area contributed by atoms with Gasteiger partial charge in [0.05, 0.1) is 0 Å². The van der Waals surface area contributed by atoms with Crippen molar-refractivity contribution < 1.29 is 0 Å². The van der Waals surface area contributed by atoms with Gasteiger partial charge in [-0.25, -0.2) is 0 Å². The molecular formula is C14H32N2. The standard InChI is InChI=1S/C9H18N2.C3H8.C2H6/c1-5-10-6-2-9(1)3-7-11-8-4-9;1-3-2;1-2/h10-11H,1-8H2;3H2,1-2H3;1-2H3. The van der Waals surface area contributed by atoms with E-state index in [2.05, 4.69) is 24.5 Å². The third-order valence-electron chi connectivity index (χ3n) is 3.33. The van der Waals surface area contributed by atoms with Crippen LogP contribution in [0, 0.1) is 5.41 Å². The quantitative estimate of drug-likeness (QED) is 0.665. The fourth-order valence-corrected chi connectivity index (χ4v) is 2.41. The molecular weight excluding hydrogens is 196 g/mol. The summed E-state index contributed by atoms with van der Waals surface area (Å²) in [6.07, 6.45) is 6.90. The van der Waals surface area contributed by atoms with Gasteiger partial charge in [-0.2, -0.15) is 0 Å². The topological polar surface area (TPSA) is 24.1 Å². The van der Waals surface area contributed by atoms with Crippen LogP contribution >= 0.6 is 0 Å². The lowest BCUT2D eigenvalue weighted by Crippen LogP contribution is -2.43. The van der Waals surface area contributed by atoms with E-state index in [0.717, 1.165) is 5.41 Å². The van der Waals surface area contributed by atoms with E-state index in [4.69, 9.17) is 0 Å². The third-order valence-corrected chi connectivity index (χ3v) is 3.33. The minimum absolute atomic E-state index is 0.733. The molecule has 2 nitrogen and oxygen atoms in total. The van der Waals surface area contributed by atoms with Crippen molar-refractivity contribution >= 4 is 0 Å². The van der Waals surface area contributed by atoms with Crippen LogP contribution in [-0.2, 0) is 0 Å². The molecule has 0 aliphatic carbocycles. The van der Waals surface area contributed by atoms with Gasteiger partial charge < -0.3 is 10.6 Å². The van der Waals surface area contributed by atoms with Crippen LogP contribution in [0.4, 0.5) is 0 Å². The second-order valence-electron chi connectivity index (χ2n) is 4.71. The maximum Gasteiger partial charge on any atom is -0.00436 e. The summed E-state index contributed by atoms with van der Waals surface area (Å²) in [5.41, 5.74) is 0.733. The molecule has 0 atom stereocenters. The highest BCUT2D eigenvalue weighted by atomic mass is 14.9. The normalized spacial score (nSPS) is 22.5. The van der Waals surface area contributed by atoms with Crippen LogP contribution in [-0.4, -0.2) is 26.2 Å². The van der Waals surface area contributed by atoms with Gasteiger partial charge in [-0.05, 0) is 57.3 Å². The second-order valence-corrected chi connectivity index (χ2v) is 4.71. The molecule has 2 heteroatoms. The van der Waals surface area contributed by atoms with Crippen molar-refractivity contribution in [2.45, 2.75) is 59.8 Å². The van der Waals surface area contributed by atoms with Crippen molar-refractivity contribution in [3.63, 3.8) is 0 Å². The molecule has 0 aromatic carbocycles. The predicted octanol–water partition coefficient (Wildman–Crippen LogP) is 3.18. The van der Waals surface area contributed by atoms with Crippen LogP contribution < -0.4 is 10.6 Å². The number of rotatable bonds is 0. The maximum absolute atomic E-state index is 3.44. The van der Waals surface area contributed by atoms with E-state index in [9.17, 15) is 0 Å². The lowest BCUT2D eigenvalue weighted by atomic mass is 9.72. The van der Waals surface area contributed by atoms with Gasteiger partial charge in [0.25, 0.3) is 0 Å². The van der Waals surface area contributed by atoms with Crippen LogP contribution in [0.5, 0.6) is 0 Å². The third kappa shape index (κ3) is 5.86. The van der Waals surface area contributed by atoms with Crippen LogP contribution in [0.1, 0.15) is 59.8 Å². The van der Waals surface area contributed by atoms with E-state index in [1.54, 1.807) is 0 Å². The zero-order valence-corrected chi connectivity index (χ0v) is 11.9. The Balaban J connectivity index is 0.000000394. The van der Waals surface area contributed by atoms with Gasteiger partial charge in [-0.15, -0.1) is 0 Å². The van der Waals surface area contributed by atoms with Crippen LogP contribution in [0.15, 0.2) is 0 Å². The molecule has 2 heterocycles. The number of hydrogen-bond acceptors (Lipinski definition) is 2. The molecule has 2 rings (SSSR count). The minimum atomic E-state index is 0.733. The van der Waals surface area contributed by atoms with E-state index in [1.165, 1.54) is 58.3 Å². The smallest absolute Gasteiger partial charge is 0.00436 e. The summed E-state index contributed by atoms with van der Waals surface area (Å²) >= 11 is 0. The molecule has 1 spiro atoms. The van der Waals surface area contributed by atoms with Gasteiger partial charge in [-0.3, -0.25) is 0 Å². The van der Waals surface area contributed by atoms with E-state index >= 15 is 0 Å². The molecule has 0 unspecified atom stereocenters. The lowest BCUT2D eigenvalue weighted by Gasteiger charge is -2.41. The summed E-state index contributed by atoms with van der Waals surface area (Å²) in [4.78, 5) is 0. The first-order valence-corrected chi connectivity index (χ1v) is 7.24. The average Bonchev–Trinajstić information content (AvgIpc) is 2.35. The monoisotopic (exact) mass is 228 g/mol. The Kier molecular flexibility index (Phi) is 10.0. The molecule has 0 amide bonds. The van der Waals surface area contributed by atoms with Crippen LogP contribution in [0.3, 0.4) is 0 Å². The second kappa shape index (κ2) is 10.1. The molecule has 2 saturated heterocycles. The largest absolute Gasteiger partial charge is 0.317 e. The summed E-state index contributed by atoms with van der Waals surface area (Å²) in [5.74, 6) is 0. The van der Waals surface area contributed by atoms with Crippen molar-refractivity contribution in [3.8, 4) is 0 Å². The van der Waals surface area contributed by atoms with E-state index in [0.29, 0.717) is 0 Å². The lowest BCUT2D eigenvalue weighted by molar-refractivity contribution is 0.144. The molecule has 16 heavy (non-hydrogen) atoms. The Bertz CT molecular complexity index is 114. The van der Waals surface area contributed by atoms with E-state index in [1.807, 2.05) is 13.8 Å². The fraction of sp³-hybridized carbons (Fsp3) is 1.00. The maximum atomic E-state index is 3.44. The van der Waals surface area contributed by atoms with E-state index in [-0.39, 0.29) is 0 Å².